The van der Waals surface area contributed by atoms with Crippen LogP contribution in [0, 0.1) is 3.57 Å². The first-order valence-electron chi connectivity index (χ1n) is 5.29. The Morgan fingerprint density at radius 3 is 2.63 bits per heavy atom. The van der Waals surface area contributed by atoms with Gasteiger partial charge < -0.3 is 11.1 Å². The van der Waals surface area contributed by atoms with Gasteiger partial charge in [0.15, 0.2) is 0 Å². The molecule has 0 spiro atoms. The van der Waals surface area contributed by atoms with Gasteiger partial charge in [-0.05, 0) is 59.0 Å². The minimum atomic E-state index is -0.245. The molecule has 1 amide bonds. The zero-order valence-corrected chi connectivity index (χ0v) is 14.1. The van der Waals surface area contributed by atoms with Crippen LogP contribution in [0.15, 0.2) is 40.9 Å². The van der Waals surface area contributed by atoms with Crippen molar-refractivity contribution in [1.29, 1.82) is 0 Å². The molecule has 3 N–H and O–H groups in total. The van der Waals surface area contributed by atoms with Crippen LogP contribution in [0.2, 0.25) is 5.02 Å². The van der Waals surface area contributed by atoms with Crippen molar-refractivity contribution in [3.63, 3.8) is 0 Å². The molecule has 0 saturated heterocycles. The number of carbonyl (C=O) groups is 1. The Hall–Kier alpha value is -0.790. The largest absolute Gasteiger partial charge is 0.398 e. The highest BCUT2D eigenvalue weighted by molar-refractivity contribution is 14.1. The zero-order chi connectivity index (χ0) is 14.0. The molecule has 0 aromatic heterocycles. The molecule has 2 aromatic carbocycles. The molecule has 0 aliphatic heterocycles. The number of benzene rings is 2. The van der Waals surface area contributed by atoms with Gasteiger partial charge in [0.1, 0.15) is 0 Å². The average molecular weight is 451 g/mol. The Morgan fingerprint density at radius 2 is 2.00 bits per heavy atom. The molecular formula is C13H9BrClIN2O. The van der Waals surface area contributed by atoms with Crippen LogP contribution < -0.4 is 11.1 Å². The highest BCUT2D eigenvalue weighted by Gasteiger charge is 2.11. The van der Waals surface area contributed by atoms with E-state index in [1.54, 1.807) is 36.4 Å². The fourth-order valence-electron chi connectivity index (χ4n) is 1.52. The summed E-state index contributed by atoms with van der Waals surface area (Å²) in [5.74, 6) is -0.245. The lowest BCUT2D eigenvalue weighted by atomic mass is 10.1. The molecule has 2 aromatic rings. The molecular weight excluding hydrogens is 442 g/mol. The molecule has 0 heterocycles. The van der Waals surface area contributed by atoms with Crippen molar-refractivity contribution in [1.82, 2.24) is 0 Å². The molecule has 2 rings (SSSR count). The van der Waals surface area contributed by atoms with Crippen LogP contribution in [0.5, 0.6) is 0 Å². The molecule has 98 valence electrons. The topological polar surface area (TPSA) is 55.1 Å². The van der Waals surface area contributed by atoms with Crippen LogP contribution in [0.3, 0.4) is 0 Å². The number of nitrogens with two attached hydrogens (primary N) is 1. The minimum Gasteiger partial charge on any atom is -0.398 e. The van der Waals surface area contributed by atoms with Crippen molar-refractivity contribution < 1.29 is 4.79 Å². The summed E-state index contributed by atoms with van der Waals surface area (Å²) in [7, 11) is 0. The standard InChI is InChI=1S/C13H9BrClIN2O/c14-7-1-3-9(11(17)5-7)13(19)18-12-4-2-8(15)6-10(12)16/h1-6H,17H2,(H,18,19). The van der Waals surface area contributed by atoms with Gasteiger partial charge in [-0.1, -0.05) is 27.5 Å². The number of nitrogen functional groups attached to an aromatic ring is 1. The number of amides is 1. The average Bonchev–Trinajstić information content (AvgIpc) is 2.32. The number of anilines is 2. The highest BCUT2D eigenvalue weighted by atomic mass is 127. The monoisotopic (exact) mass is 450 g/mol. The molecule has 19 heavy (non-hydrogen) atoms. The third-order valence-electron chi connectivity index (χ3n) is 2.44. The Balaban J connectivity index is 2.25. The van der Waals surface area contributed by atoms with Gasteiger partial charge in [-0.25, -0.2) is 0 Å². The summed E-state index contributed by atoms with van der Waals surface area (Å²) in [6.07, 6.45) is 0. The van der Waals surface area contributed by atoms with Crippen molar-refractivity contribution in [2.75, 3.05) is 11.1 Å². The molecule has 0 unspecified atom stereocenters. The molecule has 0 atom stereocenters. The molecule has 0 fully saturated rings. The van der Waals surface area contributed by atoms with Crippen LogP contribution in [-0.2, 0) is 0 Å². The van der Waals surface area contributed by atoms with E-state index in [0.29, 0.717) is 22.0 Å². The molecule has 0 radical (unpaired) electrons. The van der Waals surface area contributed by atoms with E-state index in [-0.39, 0.29) is 5.91 Å². The van der Waals surface area contributed by atoms with Crippen LogP contribution in [-0.4, -0.2) is 5.91 Å². The summed E-state index contributed by atoms with van der Waals surface area (Å²) in [6, 6.07) is 10.4. The maximum atomic E-state index is 12.1. The number of rotatable bonds is 2. The quantitative estimate of drug-likeness (QED) is 0.520. The summed E-state index contributed by atoms with van der Waals surface area (Å²) in [5, 5.41) is 3.44. The van der Waals surface area contributed by atoms with E-state index in [9.17, 15) is 4.79 Å². The van der Waals surface area contributed by atoms with Crippen molar-refractivity contribution in [2.45, 2.75) is 0 Å². The van der Waals surface area contributed by atoms with Gasteiger partial charge in [-0.15, -0.1) is 0 Å². The number of hydrogen-bond donors (Lipinski definition) is 2. The maximum absolute atomic E-state index is 12.1. The van der Waals surface area contributed by atoms with E-state index < -0.39 is 0 Å². The summed E-state index contributed by atoms with van der Waals surface area (Å²) in [6.45, 7) is 0. The summed E-state index contributed by atoms with van der Waals surface area (Å²) in [5.41, 5.74) is 7.40. The van der Waals surface area contributed by atoms with Crippen LogP contribution >= 0.6 is 50.1 Å². The normalized spacial score (nSPS) is 10.3. The van der Waals surface area contributed by atoms with Crippen LogP contribution in [0.1, 0.15) is 10.4 Å². The molecule has 0 aliphatic rings. The second-order valence-electron chi connectivity index (χ2n) is 3.81. The van der Waals surface area contributed by atoms with E-state index in [1.165, 1.54) is 0 Å². The molecule has 0 aliphatic carbocycles. The van der Waals surface area contributed by atoms with Crippen LogP contribution in [0.4, 0.5) is 11.4 Å². The highest BCUT2D eigenvalue weighted by Crippen LogP contribution is 2.24. The van der Waals surface area contributed by atoms with E-state index in [0.717, 1.165) is 8.04 Å². The van der Waals surface area contributed by atoms with E-state index in [4.69, 9.17) is 17.3 Å². The predicted octanol–water partition coefficient (Wildman–Crippen LogP) is 4.54. The SMILES string of the molecule is Nc1cc(Br)ccc1C(=O)Nc1ccc(Cl)cc1I. The Labute approximate surface area is 137 Å². The van der Waals surface area contributed by atoms with Gasteiger partial charge in [0.25, 0.3) is 5.91 Å². The van der Waals surface area contributed by atoms with Gasteiger partial charge in [0.2, 0.25) is 0 Å². The first-order valence-corrected chi connectivity index (χ1v) is 7.54. The first kappa shape index (κ1) is 14.6. The second kappa shape index (κ2) is 6.11. The van der Waals surface area contributed by atoms with Gasteiger partial charge in [0, 0.05) is 18.8 Å². The fraction of sp³-hybridized carbons (Fsp3) is 0. The molecule has 0 bridgehead atoms. The maximum Gasteiger partial charge on any atom is 0.257 e. The fourth-order valence-corrected chi connectivity index (χ4v) is 2.91. The Kier molecular flexibility index (Phi) is 4.70. The third-order valence-corrected chi connectivity index (χ3v) is 4.06. The zero-order valence-electron chi connectivity index (χ0n) is 9.58. The first-order chi connectivity index (χ1) is 8.97. The van der Waals surface area contributed by atoms with E-state index in [2.05, 4.69) is 43.8 Å². The third kappa shape index (κ3) is 3.61. The van der Waals surface area contributed by atoms with Gasteiger partial charge in [-0.3, -0.25) is 4.79 Å². The Morgan fingerprint density at radius 1 is 1.26 bits per heavy atom. The number of nitrogens with one attached hydrogen (secondary N) is 1. The second-order valence-corrected chi connectivity index (χ2v) is 6.32. The van der Waals surface area contributed by atoms with Crippen molar-refractivity contribution in [2.24, 2.45) is 0 Å². The number of hydrogen-bond acceptors (Lipinski definition) is 2. The Bertz CT molecular complexity index is 649. The van der Waals surface area contributed by atoms with Crippen LogP contribution in [0.25, 0.3) is 0 Å². The molecule has 3 nitrogen and oxygen atoms in total. The summed E-state index contributed by atoms with van der Waals surface area (Å²) >= 11 is 11.3. The minimum absolute atomic E-state index is 0.245. The predicted molar refractivity (Wildman–Crippen MR) is 90.7 cm³/mol. The van der Waals surface area contributed by atoms with Gasteiger partial charge >= 0.3 is 0 Å². The van der Waals surface area contributed by atoms with Crippen molar-refractivity contribution in [3.05, 3.63) is 55.0 Å². The number of halogens is 3. The molecule has 6 heteroatoms. The van der Waals surface area contributed by atoms with E-state index in [1.807, 2.05) is 0 Å². The summed E-state index contributed by atoms with van der Waals surface area (Å²) in [4.78, 5) is 12.1. The number of carbonyl (C=O) groups excluding carboxylic acids is 1. The van der Waals surface area contributed by atoms with E-state index >= 15 is 0 Å². The lowest BCUT2D eigenvalue weighted by molar-refractivity contribution is 0.102. The summed E-state index contributed by atoms with van der Waals surface area (Å²) < 4.78 is 1.71. The van der Waals surface area contributed by atoms with Crippen molar-refractivity contribution in [3.8, 4) is 0 Å². The lowest BCUT2D eigenvalue weighted by Gasteiger charge is -2.09. The van der Waals surface area contributed by atoms with Gasteiger partial charge in [0.05, 0.1) is 11.3 Å². The smallest absolute Gasteiger partial charge is 0.257 e. The lowest BCUT2D eigenvalue weighted by Crippen LogP contribution is -2.14. The van der Waals surface area contributed by atoms with Gasteiger partial charge in [-0.2, -0.15) is 0 Å². The van der Waals surface area contributed by atoms with Crippen molar-refractivity contribution >= 4 is 67.4 Å². The molecule has 0 saturated carbocycles.